The minimum absolute atomic E-state index is 0.149. The lowest BCUT2D eigenvalue weighted by atomic mass is 10.1. The first-order valence-corrected chi connectivity index (χ1v) is 7.47. The highest BCUT2D eigenvalue weighted by Crippen LogP contribution is 2.24. The van der Waals surface area contributed by atoms with Crippen LogP contribution in [0.4, 0.5) is 0 Å². The van der Waals surface area contributed by atoms with Crippen LogP contribution >= 0.6 is 11.3 Å². The number of thiophene rings is 1. The molecule has 0 bridgehead atoms. The number of pyridine rings is 1. The van der Waals surface area contributed by atoms with E-state index in [1.165, 1.54) is 7.11 Å². The van der Waals surface area contributed by atoms with E-state index in [0.717, 1.165) is 10.6 Å². The normalized spacial score (nSPS) is 12.1. The average molecular weight is 306 g/mol. The number of aryl methyl sites for hydroxylation is 1. The Bertz CT molecular complexity index is 599. The molecule has 1 unspecified atom stereocenters. The van der Waals surface area contributed by atoms with Gasteiger partial charge in [0.05, 0.1) is 25.3 Å². The van der Waals surface area contributed by atoms with Gasteiger partial charge in [0, 0.05) is 17.1 Å². The van der Waals surface area contributed by atoms with Crippen LogP contribution in [-0.2, 0) is 16.1 Å². The summed E-state index contributed by atoms with van der Waals surface area (Å²) in [6, 6.07) is 7.13. The lowest BCUT2D eigenvalue weighted by Crippen LogP contribution is -2.24. The summed E-state index contributed by atoms with van der Waals surface area (Å²) >= 11 is 1.57. The third-order valence-electron chi connectivity index (χ3n) is 3.09. The molecule has 0 spiro atoms. The third-order valence-corrected chi connectivity index (χ3v) is 4.08. The zero-order valence-electron chi connectivity index (χ0n) is 12.0. The molecule has 112 valence electrons. The maximum absolute atomic E-state index is 11.5. The molecule has 2 N–H and O–H groups in total. The number of nitrogens with zero attached hydrogens (tertiary/aromatic N) is 1. The molecule has 2 aromatic rings. The first kappa shape index (κ1) is 15.5. The minimum atomic E-state index is -0.276. The Kier molecular flexibility index (Phi) is 5.30. The van der Waals surface area contributed by atoms with Crippen LogP contribution < -0.4 is 5.32 Å². The number of aromatic nitrogens is 1. The Morgan fingerprint density at radius 1 is 1.48 bits per heavy atom. The molecule has 0 saturated carbocycles. The van der Waals surface area contributed by atoms with Gasteiger partial charge in [0.2, 0.25) is 0 Å². The predicted molar refractivity (Wildman–Crippen MR) is 81.2 cm³/mol. The number of carbonyl (C=O) groups excluding carboxylic acids is 1. The number of hydrogen-bond donors (Lipinski definition) is 2. The van der Waals surface area contributed by atoms with Gasteiger partial charge in [-0.25, -0.2) is 0 Å². The van der Waals surface area contributed by atoms with Crippen molar-refractivity contribution in [2.24, 2.45) is 0 Å². The lowest BCUT2D eigenvalue weighted by Gasteiger charge is -2.16. The van der Waals surface area contributed by atoms with Gasteiger partial charge in [0.15, 0.2) is 0 Å². The van der Waals surface area contributed by atoms with E-state index < -0.39 is 0 Å². The molecule has 0 aromatic carbocycles. The van der Waals surface area contributed by atoms with Crippen LogP contribution in [0.1, 0.15) is 28.7 Å². The zero-order valence-corrected chi connectivity index (χ0v) is 12.8. The number of aromatic hydroxyl groups is 1. The van der Waals surface area contributed by atoms with E-state index in [1.54, 1.807) is 23.5 Å². The van der Waals surface area contributed by atoms with Crippen LogP contribution in [0.5, 0.6) is 5.75 Å². The second-order valence-corrected chi connectivity index (χ2v) is 5.63. The monoisotopic (exact) mass is 306 g/mol. The van der Waals surface area contributed by atoms with Crippen molar-refractivity contribution in [1.29, 1.82) is 0 Å². The lowest BCUT2D eigenvalue weighted by molar-refractivity contribution is -0.141. The third kappa shape index (κ3) is 4.27. The summed E-state index contributed by atoms with van der Waals surface area (Å²) in [5.74, 6) is -0.126. The van der Waals surface area contributed by atoms with Crippen molar-refractivity contribution < 1.29 is 14.6 Å². The van der Waals surface area contributed by atoms with Gasteiger partial charge < -0.3 is 15.2 Å². The molecule has 2 aromatic heterocycles. The Morgan fingerprint density at radius 3 is 2.95 bits per heavy atom. The highest BCUT2D eigenvalue weighted by Gasteiger charge is 2.18. The van der Waals surface area contributed by atoms with E-state index in [1.807, 2.05) is 24.4 Å². The Labute approximate surface area is 127 Å². The van der Waals surface area contributed by atoms with Crippen molar-refractivity contribution in [3.05, 3.63) is 45.9 Å². The first-order valence-electron chi connectivity index (χ1n) is 6.59. The van der Waals surface area contributed by atoms with Crippen LogP contribution in [0.3, 0.4) is 0 Å². The molecule has 0 amide bonds. The van der Waals surface area contributed by atoms with Crippen molar-refractivity contribution in [2.45, 2.75) is 25.9 Å². The molecule has 0 radical (unpaired) electrons. The van der Waals surface area contributed by atoms with Crippen LogP contribution in [0.25, 0.3) is 0 Å². The molecular weight excluding hydrogens is 288 g/mol. The number of ether oxygens (including phenoxy) is 1. The van der Waals surface area contributed by atoms with E-state index in [4.69, 9.17) is 4.74 Å². The second kappa shape index (κ2) is 7.19. The number of esters is 1. The van der Waals surface area contributed by atoms with E-state index >= 15 is 0 Å². The fourth-order valence-corrected chi connectivity index (χ4v) is 2.77. The van der Waals surface area contributed by atoms with Crippen molar-refractivity contribution in [1.82, 2.24) is 10.3 Å². The van der Waals surface area contributed by atoms with E-state index in [0.29, 0.717) is 12.2 Å². The summed E-state index contributed by atoms with van der Waals surface area (Å²) in [5.41, 5.74) is 1.41. The van der Waals surface area contributed by atoms with Crippen LogP contribution in [0.2, 0.25) is 0 Å². The van der Waals surface area contributed by atoms with Gasteiger partial charge >= 0.3 is 5.97 Å². The summed E-state index contributed by atoms with van der Waals surface area (Å²) < 4.78 is 4.73. The average Bonchev–Trinajstić information content (AvgIpc) is 3.00. The van der Waals surface area contributed by atoms with Crippen molar-refractivity contribution in [2.75, 3.05) is 7.11 Å². The molecule has 2 heterocycles. The topological polar surface area (TPSA) is 71.5 Å². The maximum Gasteiger partial charge on any atom is 0.307 e. The molecule has 5 nitrogen and oxygen atoms in total. The molecule has 0 fully saturated rings. The SMILES string of the molecule is COC(=O)CC(NCc1nc(C)ccc1O)c1cccs1. The Balaban J connectivity index is 2.08. The molecule has 0 aliphatic carbocycles. The van der Waals surface area contributed by atoms with Gasteiger partial charge in [0.1, 0.15) is 5.75 Å². The standard InChI is InChI=1S/C15H18N2O3S/c1-10-5-6-13(18)12(17-10)9-16-11(8-15(19)20-2)14-4-3-7-21-14/h3-7,11,16,18H,8-9H2,1-2H3. The van der Waals surface area contributed by atoms with E-state index in [-0.39, 0.29) is 24.2 Å². The van der Waals surface area contributed by atoms with Gasteiger partial charge in [-0.3, -0.25) is 9.78 Å². The largest absolute Gasteiger partial charge is 0.506 e. The molecule has 2 rings (SSSR count). The Hall–Kier alpha value is -1.92. The summed E-state index contributed by atoms with van der Waals surface area (Å²) in [6.45, 7) is 2.25. The molecular formula is C15H18N2O3S. The van der Waals surface area contributed by atoms with Crippen LogP contribution in [0, 0.1) is 6.92 Å². The first-order chi connectivity index (χ1) is 10.1. The van der Waals surface area contributed by atoms with Gasteiger partial charge in [-0.05, 0) is 30.5 Å². The van der Waals surface area contributed by atoms with Gasteiger partial charge in [0.25, 0.3) is 0 Å². The van der Waals surface area contributed by atoms with Gasteiger partial charge in [-0.2, -0.15) is 0 Å². The Morgan fingerprint density at radius 2 is 2.29 bits per heavy atom. The maximum atomic E-state index is 11.5. The highest BCUT2D eigenvalue weighted by atomic mass is 32.1. The molecule has 0 saturated heterocycles. The molecule has 6 heteroatoms. The summed E-state index contributed by atoms with van der Waals surface area (Å²) in [6.07, 6.45) is 0.240. The fourth-order valence-electron chi connectivity index (χ4n) is 1.97. The van der Waals surface area contributed by atoms with E-state index in [2.05, 4.69) is 10.3 Å². The summed E-state index contributed by atoms with van der Waals surface area (Å²) in [7, 11) is 1.38. The summed E-state index contributed by atoms with van der Waals surface area (Å²) in [4.78, 5) is 16.9. The minimum Gasteiger partial charge on any atom is -0.506 e. The molecule has 0 aliphatic rings. The van der Waals surface area contributed by atoms with E-state index in [9.17, 15) is 9.90 Å². The van der Waals surface area contributed by atoms with Gasteiger partial charge in [-0.15, -0.1) is 11.3 Å². The van der Waals surface area contributed by atoms with Crippen molar-refractivity contribution in [3.63, 3.8) is 0 Å². The van der Waals surface area contributed by atoms with Crippen molar-refractivity contribution in [3.8, 4) is 5.75 Å². The highest BCUT2D eigenvalue weighted by molar-refractivity contribution is 7.10. The number of hydrogen-bond acceptors (Lipinski definition) is 6. The van der Waals surface area contributed by atoms with Crippen LogP contribution in [-0.4, -0.2) is 23.2 Å². The molecule has 21 heavy (non-hydrogen) atoms. The number of nitrogens with one attached hydrogen (secondary N) is 1. The number of rotatable bonds is 6. The van der Waals surface area contributed by atoms with Crippen LogP contribution in [0.15, 0.2) is 29.6 Å². The number of carbonyl (C=O) groups is 1. The van der Waals surface area contributed by atoms with Crippen molar-refractivity contribution >= 4 is 17.3 Å². The fraction of sp³-hybridized carbons (Fsp3) is 0.333. The zero-order chi connectivity index (χ0) is 15.2. The molecule has 1 atom stereocenters. The predicted octanol–water partition coefficient (Wildman–Crippen LogP) is 2.55. The quantitative estimate of drug-likeness (QED) is 0.803. The summed E-state index contributed by atoms with van der Waals surface area (Å²) in [5, 5.41) is 15.0. The number of methoxy groups -OCH3 is 1. The molecule has 0 aliphatic heterocycles. The smallest absolute Gasteiger partial charge is 0.307 e. The van der Waals surface area contributed by atoms with Gasteiger partial charge in [-0.1, -0.05) is 6.07 Å². The second-order valence-electron chi connectivity index (χ2n) is 4.65.